The third kappa shape index (κ3) is 1.45. The number of aryl methyl sites for hydroxylation is 2. The molecule has 0 aliphatic carbocycles. The molecule has 1 aliphatic heterocycles. The van der Waals surface area contributed by atoms with E-state index in [1.807, 2.05) is 11.3 Å². The van der Waals surface area contributed by atoms with Gasteiger partial charge >= 0.3 is 0 Å². The van der Waals surface area contributed by atoms with Gasteiger partial charge in [0.25, 0.3) is 0 Å². The molecule has 1 unspecified atom stereocenters. The van der Waals surface area contributed by atoms with Crippen molar-refractivity contribution < 1.29 is 0 Å². The summed E-state index contributed by atoms with van der Waals surface area (Å²) in [5.74, 6) is 0. The summed E-state index contributed by atoms with van der Waals surface area (Å²) in [6.45, 7) is 4.39. The summed E-state index contributed by atoms with van der Waals surface area (Å²) in [4.78, 5) is 1.44. The van der Waals surface area contributed by atoms with Crippen molar-refractivity contribution in [3.05, 3.63) is 51.2 Å². The van der Waals surface area contributed by atoms with Gasteiger partial charge in [0.15, 0.2) is 0 Å². The first-order valence-corrected chi connectivity index (χ1v) is 6.52. The molecule has 1 atom stereocenters. The van der Waals surface area contributed by atoms with Crippen LogP contribution in [0, 0.1) is 13.8 Å². The molecule has 2 aromatic rings. The molecule has 1 N–H and O–H groups in total. The van der Waals surface area contributed by atoms with Gasteiger partial charge in [0, 0.05) is 10.6 Å². The van der Waals surface area contributed by atoms with Gasteiger partial charge in [-0.3, -0.25) is 0 Å². The van der Waals surface area contributed by atoms with Crippen LogP contribution in [0.2, 0.25) is 0 Å². The zero-order valence-corrected chi connectivity index (χ0v) is 10.4. The third-order valence-electron chi connectivity index (χ3n) is 3.37. The molecule has 3 rings (SSSR count). The average Bonchev–Trinajstić information content (AvgIpc) is 2.90. The van der Waals surface area contributed by atoms with Crippen LogP contribution in [-0.2, 0) is 6.42 Å². The van der Waals surface area contributed by atoms with Crippen LogP contribution in [0.4, 0.5) is 5.69 Å². The molecule has 1 aliphatic rings. The van der Waals surface area contributed by atoms with Crippen LogP contribution >= 0.6 is 11.3 Å². The average molecular weight is 229 g/mol. The zero-order valence-electron chi connectivity index (χ0n) is 9.58. The maximum absolute atomic E-state index is 3.66. The topological polar surface area (TPSA) is 12.0 Å². The highest BCUT2D eigenvalue weighted by molar-refractivity contribution is 7.10. The molecule has 0 bridgehead atoms. The van der Waals surface area contributed by atoms with Crippen LogP contribution in [0.25, 0.3) is 0 Å². The number of hydrogen-bond donors (Lipinski definition) is 1. The SMILES string of the molecule is Cc1ccc(C)c2c1CC(c1cccs1)N2. The predicted molar refractivity (Wildman–Crippen MR) is 70.3 cm³/mol. The minimum atomic E-state index is 0.481. The maximum atomic E-state index is 3.66. The van der Waals surface area contributed by atoms with E-state index in [1.54, 1.807) is 0 Å². The van der Waals surface area contributed by atoms with Gasteiger partial charge in [0.1, 0.15) is 0 Å². The Balaban J connectivity index is 2.00. The fraction of sp³-hybridized carbons (Fsp3) is 0.286. The van der Waals surface area contributed by atoms with Crippen molar-refractivity contribution in [3.63, 3.8) is 0 Å². The van der Waals surface area contributed by atoms with Crippen molar-refractivity contribution in [1.29, 1.82) is 0 Å². The highest BCUT2D eigenvalue weighted by atomic mass is 32.1. The summed E-state index contributed by atoms with van der Waals surface area (Å²) in [5.41, 5.74) is 5.63. The number of anilines is 1. The number of benzene rings is 1. The van der Waals surface area contributed by atoms with E-state index in [0.29, 0.717) is 6.04 Å². The van der Waals surface area contributed by atoms with E-state index in [9.17, 15) is 0 Å². The molecule has 1 nitrogen and oxygen atoms in total. The highest BCUT2D eigenvalue weighted by Crippen LogP contribution is 2.39. The van der Waals surface area contributed by atoms with Crippen LogP contribution in [0.1, 0.15) is 27.6 Å². The number of thiophene rings is 1. The van der Waals surface area contributed by atoms with Crippen LogP contribution < -0.4 is 5.32 Å². The third-order valence-corrected chi connectivity index (χ3v) is 4.35. The van der Waals surface area contributed by atoms with Crippen molar-refractivity contribution in [1.82, 2.24) is 0 Å². The molecule has 82 valence electrons. The molecule has 0 saturated carbocycles. The van der Waals surface area contributed by atoms with E-state index in [0.717, 1.165) is 6.42 Å². The van der Waals surface area contributed by atoms with Crippen LogP contribution in [0.15, 0.2) is 29.6 Å². The van der Waals surface area contributed by atoms with Crippen LogP contribution in [-0.4, -0.2) is 0 Å². The van der Waals surface area contributed by atoms with Gasteiger partial charge in [0.2, 0.25) is 0 Å². The number of rotatable bonds is 1. The Morgan fingerprint density at radius 1 is 1.19 bits per heavy atom. The first-order chi connectivity index (χ1) is 7.75. The van der Waals surface area contributed by atoms with E-state index >= 15 is 0 Å². The first-order valence-electron chi connectivity index (χ1n) is 5.65. The second kappa shape index (κ2) is 3.63. The molecule has 0 saturated heterocycles. The molecule has 0 fully saturated rings. The van der Waals surface area contributed by atoms with Gasteiger partial charge in [-0.05, 0) is 48.4 Å². The summed E-state index contributed by atoms with van der Waals surface area (Å²) in [7, 11) is 0. The lowest BCUT2D eigenvalue weighted by Gasteiger charge is -2.09. The molecule has 1 aromatic carbocycles. The van der Waals surface area contributed by atoms with Crippen LogP contribution in [0.5, 0.6) is 0 Å². The Labute approximate surface area is 100 Å². The molecule has 0 radical (unpaired) electrons. The Bertz CT molecular complexity index is 483. The lowest BCUT2D eigenvalue weighted by atomic mass is 10.0. The number of fused-ring (bicyclic) bond motifs is 1. The molecule has 2 heteroatoms. The van der Waals surface area contributed by atoms with Gasteiger partial charge in [-0.25, -0.2) is 0 Å². The maximum Gasteiger partial charge on any atom is 0.0647 e. The highest BCUT2D eigenvalue weighted by Gasteiger charge is 2.25. The monoisotopic (exact) mass is 229 g/mol. The summed E-state index contributed by atoms with van der Waals surface area (Å²) < 4.78 is 0. The fourth-order valence-corrected chi connectivity index (χ4v) is 3.20. The minimum absolute atomic E-state index is 0.481. The Morgan fingerprint density at radius 2 is 2.00 bits per heavy atom. The van der Waals surface area contributed by atoms with E-state index in [2.05, 4.69) is 48.8 Å². The molecule has 2 heterocycles. The van der Waals surface area contributed by atoms with E-state index in [4.69, 9.17) is 0 Å². The quantitative estimate of drug-likeness (QED) is 0.777. The van der Waals surface area contributed by atoms with Gasteiger partial charge in [-0.15, -0.1) is 11.3 Å². The lowest BCUT2D eigenvalue weighted by Crippen LogP contribution is -2.03. The smallest absolute Gasteiger partial charge is 0.0647 e. The van der Waals surface area contributed by atoms with Crippen molar-refractivity contribution in [3.8, 4) is 0 Å². The lowest BCUT2D eigenvalue weighted by molar-refractivity contribution is 0.840. The molecular weight excluding hydrogens is 214 g/mol. The van der Waals surface area contributed by atoms with Gasteiger partial charge in [0.05, 0.1) is 6.04 Å². The molecule has 1 aromatic heterocycles. The Kier molecular flexibility index (Phi) is 2.25. The number of nitrogens with one attached hydrogen (secondary N) is 1. The molecule has 16 heavy (non-hydrogen) atoms. The predicted octanol–water partition coefficient (Wildman–Crippen LogP) is 4.07. The summed E-state index contributed by atoms with van der Waals surface area (Å²) in [6, 6.07) is 9.27. The zero-order chi connectivity index (χ0) is 11.1. The molecular formula is C14H15NS. The standard InChI is InChI=1S/C14H15NS/c1-9-5-6-10(2)14-11(9)8-12(15-14)13-4-3-7-16-13/h3-7,12,15H,8H2,1-2H3. The number of hydrogen-bond acceptors (Lipinski definition) is 2. The summed E-state index contributed by atoms with van der Waals surface area (Å²) >= 11 is 1.84. The Morgan fingerprint density at radius 3 is 2.69 bits per heavy atom. The first kappa shape index (κ1) is 9.91. The second-order valence-corrected chi connectivity index (χ2v) is 5.45. The second-order valence-electron chi connectivity index (χ2n) is 4.47. The minimum Gasteiger partial charge on any atom is -0.377 e. The Hall–Kier alpha value is -1.28. The fourth-order valence-electron chi connectivity index (χ4n) is 2.42. The van der Waals surface area contributed by atoms with E-state index in [1.165, 1.54) is 27.3 Å². The molecule has 0 spiro atoms. The largest absolute Gasteiger partial charge is 0.377 e. The normalized spacial score (nSPS) is 18.2. The molecule has 0 amide bonds. The summed E-state index contributed by atoms with van der Waals surface area (Å²) in [6.07, 6.45) is 1.13. The van der Waals surface area contributed by atoms with E-state index in [-0.39, 0.29) is 0 Å². The van der Waals surface area contributed by atoms with Crippen molar-refractivity contribution in [2.24, 2.45) is 0 Å². The van der Waals surface area contributed by atoms with Gasteiger partial charge in [-0.1, -0.05) is 18.2 Å². The van der Waals surface area contributed by atoms with Crippen molar-refractivity contribution >= 4 is 17.0 Å². The van der Waals surface area contributed by atoms with Gasteiger partial charge < -0.3 is 5.32 Å². The van der Waals surface area contributed by atoms with Crippen LogP contribution in [0.3, 0.4) is 0 Å². The summed E-state index contributed by atoms with van der Waals surface area (Å²) in [5, 5.41) is 5.81. The van der Waals surface area contributed by atoms with Crippen molar-refractivity contribution in [2.75, 3.05) is 5.32 Å². The van der Waals surface area contributed by atoms with Crippen molar-refractivity contribution in [2.45, 2.75) is 26.3 Å². The van der Waals surface area contributed by atoms with E-state index < -0.39 is 0 Å². The van der Waals surface area contributed by atoms with Gasteiger partial charge in [-0.2, -0.15) is 0 Å².